The van der Waals surface area contributed by atoms with E-state index in [9.17, 15) is 0 Å². The molecule has 0 aliphatic rings. The van der Waals surface area contributed by atoms with Crippen LogP contribution < -0.4 is 10.5 Å². The maximum Gasteiger partial charge on any atom is 0.122 e. The van der Waals surface area contributed by atoms with Crippen LogP contribution in [0.5, 0.6) is 5.75 Å². The van der Waals surface area contributed by atoms with Crippen molar-refractivity contribution in [1.82, 2.24) is 0 Å². The zero-order valence-corrected chi connectivity index (χ0v) is 12.3. The summed E-state index contributed by atoms with van der Waals surface area (Å²) in [6, 6.07) is 16.3. The number of benzene rings is 2. The average Bonchev–Trinajstić information content (AvgIpc) is 2.46. The van der Waals surface area contributed by atoms with Gasteiger partial charge in [0.1, 0.15) is 5.75 Å². The number of rotatable bonds is 6. The zero-order valence-electron chi connectivity index (χ0n) is 12.3. The first-order valence-corrected chi connectivity index (χ1v) is 7.23. The van der Waals surface area contributed by atoms with E-state index in [4.69, 9.17) is 10.5 Å². The van der Waals surface area contributed by atoms with Crippen molar-refractivity contribution in [2.45, 2.75) is 32.6 Å². The Morgan fingerprint density at radius 2 is 1.70 bits per heavy atom. The molecule has 2 aromatic carbocycles. The van der Waals surface area contributed by atoms with Crippen LogP contribution >= 0.6 is 0 Å². The van der Waals surface area contributed by atoms with Crippen LogP contribution in [0.15, 0.2) is 48.5 Å². The number of aryl methyl sites for hydroxylation is 1. The fraction of sp³-hybridized carbons (Fsp3) is 0.333. The summed E-state index contributed by atoms with van der Waals surface area (Å²) in [6.07, 6.45) is 2.03. The number of hydrogen-bond acceptors (Lipinski definition) is 2. The lowest BCUT2D eigenvalue weighted by molar-refractivity contribution is 0.307. The molecule has 0 saturated heterocycles. The molecule has 106 valence electrons. The van der Waals surface area contributed by atoms with E-state index in [0.29, 0.717) is 5.92 Å². The lowest BCUT2D eigenvalue weighted by Gasteiger charge is -2.13. The minimum Gasteiger partial charge on any atom is -0.493 e. The summed E-state index contributed by atoms with van der Waals surface area (Å²) in [6.45, 7) is 5.13. The molecule has 0 radical (unpaired) electrons. The summed E-state index contributed by atoms with van der Waals surface area (Å²) < 4.78 is 5.92. The molecule has 0 atom stereocenters. The summed E-state index contributed by atoms with van der Waals surface area (Å²) in [5, 5.41) is 0. The number of nitrogens with two attached hydrogens (primary N) is 1. The molecule has 2 heteroatoms. The van der Waals surface area contributed by atoms with Gasteiger partial charge in [-0.15, -0.1) is 0 Å². The molecule has 0 unspecified atom stereocenters. The summed E-state index contributed by atoms with van der Waals surface area (Å²) in [7, 11) is 0. The molecule has 2 rings (SSSR count). The Kier molecular flexibility index (Phi) is 5.05. The highest BCUT2D eigenvalue weighted by molar-refractivity contribution is 5.39. The van der Waals surface area contributed by atoms with E-state index in [2.05, 4.69) is 44.2 Å². The number of nitrogen functional groups attached to an aromatic ring is 1. The van der Waals surface area contributed by atoms with Crippen LogP contribution in [0.1, 0.15) is 37.3 Å². The van der Waals surface area contributed by atoms with Crippen LogP contribution in [-0.2, 0) is 6.42 Å². The highest BCUT2D eigenvalue weighted by atomic mass is 16.5. The van der Waals surface area contributed by atoms with Crippen molar-refractivity contribution in [3.05, 3.63) is 59.7 Å². The van der Waals surface area contributed by atoms with Gasteiger partial charge in [-0.3, -0.25) is 0 Å². The van der Waals surface area contributed by atoms with Gasteiger partial charge in [0.05, 0.1) is 6.61 Å². The second-order valence-corrected chi connectivity index (χ2v) is 5.39. The van der Waals surface area contributed by atoms with Crippen LogP contribution in [0, 0.1) is 0 Å². The molecule has 0 spiro atoms. The molecule has 0 fully saturated rings. The number of para-hydroxylation sites is 1. The molecule has 2 N–H and O–H groups in total. The summed E-state index contributed by atoms with van der Waals surface area (Å²) in [5.74, 6) is 1.50. The third kappa shape index (κ3) is 4.02. The average molecular weight is 269 g/mol. The zero-order chi connectivity index (χ0) is 14.4. The molecule has 0 aliphatic heterocycles. The van der Waals surface area contributed by atoms with E-state index >= 15 is 0 Å². The van der Waals surface area contributed by atoms with Gasteiger partial charge in [-0.2, -0.15) is 0 Å². The van der Waals surface area contributed by atoms with Gasteiger partial charge in [0.15, 0.2) is 0 Å². The first kappa shape index (κ1) is 14.4. The second-order valence-electron chi connectivity index (χ2n) is 5.39. The molecule has 0 aromatic heterocycles. The highest BCUT2D eigenvalue weighted by Gasteiger charge is 2.06. The lowest BCUT2D eigenvalue weighted by Crippen LogP contribution is -2.02. The molecular formula is C18H23NO. The SMILES string of the molecule is CC(C)c1ccccc1OCCCc1ccc(N)cc1. The van der Waals surface area contributed by atoms with E-state index in [1.165, 1.54) is 11.1 Å². The van der Waals surface area contributed by atoms with Gasteiger partial charge in [0.25, 0.3) is 0 Å². The molecule has 0 bridgehead atoms. The second kappa shape index (κ2) is 6.99. The first-order valence-electron chi connectivity index (χ1n) is 7.23. The minimum absolute atomic E-state index is 0.489. The van der Waals surface area contributed by atoms with Crippen LogP contribution in [0.3, 0.4) is 0 Å². The van der Waals surface area contributed by atoms with Gasteiger partial charge in [0, 0.05) is 5.69 Å². The number of ether oxygens (including phenoxy) is 1. The van der Waals surface area contributed by atoms with Crippen molar-refractivity contribution in [2.75, 3.05) is 12.3 Å². The summed E-state index contributed by atoms with van der Waals surface area (Å²) in [4.78, 5) is 0. The maximum absolute atomic E-state index is 5.92. The van der Waals surface area contributed by atoms with Gasteiger partial charge >= 0.3 is 0 Å². The van der Waals surface area contributed by atoms with E-state index in [-0.39, 0.29) is 0 Å². The van der Waals surface area contributed by atoms with Gasteiger partial charge in [-0.25, -0.2) is 0 Å². The predicted molar refractivity (Wildman–Crippen MR) is 85.2 cm³/mol. The van der Waals surface area contributed by atoms with Crippen molar-refractivity contribution in [3.8, 4) is 5.75 Å². The lowest BCUT2D eigenvalue weighted by atomic mass is 10.0. The first-order chi connectivity index (χ1) is 9.66. The Morgan fingerprint density at radius 3 is 2.40 bits per heavy atom. The topological polar surface area (TPSA) is 35.2 Å². The number of hydrogen-bond donors (Lipinski definition) is 1. The van der Waals surface area contributed by atoms with Crippen molar-refractivity contribution >= 4 is 5.69 Å². The Morgan fingerprint density at radius 1 is 1.00 bits per heavy atom. The fourth-order valence-corrected chi connectivity index (χ4v) is 2.23. The minimum atomic E-state index is 0.489. The summed E-state index contributed by atoms with van der Waals surface area (Å²) in [5.41, 5.74) is 9.08. The molecule has 0 amide bonds. The number of anilines is 1. The third-order valence-electron chi connectivity index (χ3n) is 3.39. The smallest absolute Gasteiger partial charge is 0.122 e. The maximum atomic E-state index is 5.92. The van der Waals surface area contributed by atoms with Gasteiger partial charge < -0.3 is 10.5 Å². The van der Waals surface area contributed by atoms with E-state index in [0.717, 1.165) is 30.9 Å². The van der Waals surface area contributed by atoms with E-state index in [1.807, 2.05) is 18.2 Å². The Hall–Kier alpha value is -1.96. The predicted octanol–water partition coefficient (Wildman–Crippen LogP) is 4.40. The standard InChI is InChI=1S/C18H23NO/c1-14(2)17-7-3-4-8-18(17)20-13-5-6-15-9-11-16(19)12-10-15/h3-4,7-12,14H,5-6,13,19H2,1-2H3. The fourth-order valence-electron chi connectivity index (χ4n) is 2.23. The third-order valence-corrected chi connectivity index (χ3v) is 3.39. The largest absolute Gasteiger partial charge is 0.493 e. The highest BCUT2D eigenvalue weighted by Crippen LogP contribution is 2.25. The van der Waals surface area contributed by atoms with Crippen molar-refractivity contribution < 1.29 is 4.74 Å². The van der Waals surface area contributed by atoms with Crippen LogP contribution in [-0.4, -0.2) is 6.61 Å². The van der Waals surface area contributed by atoms with E-state index < -0.39 is 0 Å². The van der Waals surface area contributed by atoms with Crippen molar-refractivity contribution in [2.24, 2.45) is 0 Å². The Labute approximate surface area is 121 Å². The normalized spacial score (nSPS) is 10.8. The molecule has 0 heterocycles. The molecule has 0 saturated carbocycles. The molecule has 20 heavy (non-hydrogen) atoms. The Balaban J connectivity index is 1.83. The summed E-state index contributed by atoms with van der Waals surface area (Å²) >= 11 is 0. The van der Waals surface area contributed by atoms with E-state index in [1.54, 1.807) is 0 Å². The molecular weight excluding hydrogens is 246 g/mol. The van der Waals surface area contributed by atoms with Crippen LogP contribution in [0.4, 0.5) is 5.69 Å². The van der Waals surface area contributed by atoms with Crippen LogP contribution in [0.25, 0.3) is 0 Å². The monoisotopic (exact) mass is 269 g/mol. The quantitative estimate of drug-likeness (QED) is 0.623. The van der Waals surface area contributed by atoms with Crippen molar-refractivity contribution in [1.29, 1.82) is 0 Å². The Bertz CT molecular complexity index is 531. The van der Waals surface area contributed by atoms with Gasteiger partial charge in [-0.05, 0) is 48.1 Å². The molecule has 0 aliphatic carbocycles. The molecule has 2 aromatic rings. The van der Waals surface area contributed by atoms with Crippen molar-refractivity contribution in [3.63, 3.8) is 0 Å². The molecule has 2 nitrogen and oxygen atoms in total. The van der Waals surface area contributed by atoms with Crippen LogP contribution in [0.2, 0.25) is 0 Å². The van der Waals surface area contributed by atoms with Gasteiger partial charge in [-0.1, -0.05) is 44.2 Å². The van der Waals surface area contributed by atoms with Gasteiger partial charge in [0.2, 0.25) is 0 Å².